The van der Waals surface area contributed by atoms with Gasteiger partial charge >= 0.3 is 6.18 Å². The molecule has 6 nitrogen and oxygen atoms in total. The standard InChI is InChI=1S/C21H15F3N4O2/c22-21(23,24)15-4-1-13(2-5-15)20-28-17-11-14(3-6-18(17)30-20)19(29)27-8-7-16-12-25-9-10-26-16/h1-6,9-12H,7-8H2,(H,27,29). The molecular weight excluding hydrogens is 397 g/mol. The lowest BCUT2D eigenvalue weighted by atomic mass is 10.1. The van der Waals surface area contributed by atoms with Crippen LogP contribution in [0.3, 0.4) is 0 Å². The zero-order chi connectivity index (χ0) is 21.1. The van der Waals surface area contributed by atoms with E-state index in [9.17, 15) is 18.0 Å². The molecule has 0 saturated carbocycles. The molecule has 1 amide bonds. The number of benzene rings is 2. The topological polar surface area (TPSA) is 80.9 Å². The van der Waals surface area contributed by atoms with Crippen LogP contribution in [0.5, 0.6) is 0 Å². The largest absolute Gasteiger partial charge is 0.436 e. The van der Waals surface area contributed by atoms with Crippen molar-refractivity contribution in [3.8, 4) is 11.5 Å². The number of hydrogen-bond donors (Lipinski definition) is 1. The molecule has 1 N–H and O–H groups in total. The van der Waals surface area contributed by atoms with Gasteiger partial charge in [-0.1, -0.05) is 0 Å². The Bertz CT molecular complexity index is 1170. The third-order valence-corrected chi connectivity index (χ3v) is 4.39. The molecule has 9 heteroatoms. The van der Waals surface area contributed by atoms with Crippen molar-refractivity contribution in [3.05, 3.63) is 77.9 Å². The summed E-state index contributed by atoms with van der Waals surface area (Å²) >= 11 is 0. The predicted molar refractivity (Wildman–Crippen MR) is 103 cm³/mol. The van der Waals surface area contributed by atoms with Crippen LogP contribution in [0.4, 0.5) is 13.2 Å². The van der Waals surface area contributed by atoms with Gasteiger partial charge in [0.05, 0.1) is 11.3 Å². The molecule has 4 aromatic rings. The highest BCUT2D eigenvalue weighted by Crippen LogP contribution is 2.31. The van der Waals surface area contributed by atoms with Crippen molar-refractivity contribution in [2.24, 2.45) is 0 Å². The van der Waals surface area contributed by atoms with E-state index >= 15 is 0 Å². The van der Waals surface area contributed by atoms with Crippen LogP contribution >= 0.6 is 0 Å². The summed E-state index contributed by atoms with van der Waals surface area (Å²) in [7, 11) is 0. The first-order chi connectivity index (χ1) is 14.4. The number of nitrogens with zero attached hydrogens (tertiary/aromatic N) is 3. The number of alkyl halides is 3. The fraction of sp³-hybridized carbons (Fsp3) is 0.143. The number of carbonyl (C=O) groups is 1. The molecule has 0 saturated heterocycles. The van der Waals surface area contributed by atoms with Crippen molar-refractivity contribution in [3.63, 3.8) is 0 Å². The van der Waals surface area contributed by atoms with Gasteiger partial charge in [-0.2, -0.15) is 13.2 Å². The van der Waals surface area contributed by atoms with Gasteiger partial charge in [-0.3, -0.25) is 14.8 Å². The Morgan fingerprint density at radius 2 is 1.87 bits per heavy atom. The third-order valence-electron chi connectivity index (χ3n) is 4.39. The summed E-state index contributed by atoms with van der Waals surface area (Å²) in [6, 6.07) is 9.32. The second-order valence-electron chi connectivity index (χ2n) is 6.48. The molecule has 0 spiro atoms. The zero-order valence-corrected chi connectivity index (χ0v) is 15.5. The molecule has 4 rings (SSSR count). The number of halogens is 3. The molecule has 2 aromatic carbocycles. The average Bonchev–Trinajstić information content (AvgIpc) is 3.17. The Kier molecular flexibility index (Phi) is 5.18. The summed E-state index contributed by atoms with van der Waals surface area (Å²) in [5.41, 5.74) is 1.70. The van der Waals surface area contributed by atoms with Crippen LogP contribution in [-0.4, -0.2) is 27.4 Å². The lowest BCUT2D eigenvalue weighted by molar-refractivity contribution is -0.137. The quantitative estimate of drug-likeness (QED) is 0.529. The minimum Gasteiger partial charge on any atom is -0.436 e. The first-order valence-electron chi connectivity index (χ1n) is 9.01. The van der Waals surface area contributed by atoms with E-state index in [0.717, 1.165) is 17.8 Å². The van der Waals surface area contributed by atoms with Gasteiger partial charge in [0.2, 0.25) is 5.89 Å². The van der Waals surface area contributed by atoms with Crippen LogP contribution in [0.25, 0.3) is 22.6 Å². The summed E-state index contributed by atoms with van der Waals surface area (Å²) in [6.07, 6.45) is 0.938. The number of hydrogen-bond acceptors (Lipinski definition) is 5. The number of fused-ring (bicyclic) bond motifs is 1. The monoisotopic (exact) mass is 412 g/mol. The molecule has 0 radical (unpaired) electrons. The van der Waals surface area contributed by atoms with Crippen LogP contribution in [0.15, 0.2) is 65.5 Å². The van der Waals surface area contributed by atoms with Crippen molar-refractivity contribution in [2.75, 3.05) is 6.54 Å². The number of nitrogens with one attached hydrogen (secondary N) is 1. The van der Waals surface area contributed by atoms with Crippen molar-refractivity contribution >= 4 is 17.0 Å². The Hall–Kier alpha value is -3.75. The van der Waals surface area contributed by atoms with E-state index in [1.165, 1.54) is 12.1 Å². The smallest absolute Gasteiger partial charge is 0.416 e. The summed E-state index contributed by atoms with van der Waals surface area (Å²) < 4.78 is 43.7. The molecule has 30 heavy (non-hydrogen) atoms. The van der Waals surface area contributed by atoms with E-state index in [1.54, 1.807) is 36.8 Å². The van der Waals surface area contributed by atoms with Gasteiger partial charge in [-0.25, -0.2) is 4.98 Å². The number of carbonyl (C=O) groups excluding carboxylic acids is 1. The van der Waals surface area contributed by atoms with Crippen molar-refractivity contribution in [2.45, 2.75) is 12.6 Å². The maximum atomic E-state index is 12.7. The van der Waals surface area contributed by atoms with Gasteiger partial charge in [0.25, 0.3) is 5.91 Å². The Labute approximate surface area is 168 Å². The van der Waals surface area contributed by atoms with Gasteiger partial charge in [-0.15, -0.1) is 0 Å². The van der Waals surface area contributed by atoms with E-state index in [0.29, 0.717) is 35.2 Å². The molecule has 152 valence electrons. The summed E-state index contributed by atoms with van der Waals surface area (Å²) in [6.45, 7) is 0.394. The van der Waals surface area contributed by atoms with E-state index in [-0.39, 0.29) is 11.8 Å². The first-order valence-corrected chi connectivity index (χ1v) is 9.01. The van der Waals surface area contributed by atoms with Gasteiger partial charge in [0.15, 0.2) is 5.58 Å². The Morgan fingerprint density at radius 1 is 1.07 bits per heavy atom. The van der Waals surface area contributed by atoms with Crippen LogP contribution in [0.2, 0.25) is 0 Å². The average molecular weight is 412 g/mol. The number of aromatic nitrogens is 3. The molecule has 0 atom stereocenters. The zero-order valence-electron chi connectivity index (χ0n) is 15.5. The van der Waals surface area contributed by atoms with E-state index in [2.05, 4.69) is 20.3 Å². The highest BCUT2D eigenvalue weighted by Gasteiger charge is 2.30. The predicted octanol–water partition coefficient (Wildman–Crippen LogP) is 4.28. The Balaban J connectivity index is 1.47. The number of oxazole rings is 1. The lowest BCUT2D eigenvalue weighted by Gasteiger charge is -2.05. The second kappa shape index (κ2) is 7.94. The van der Waals surface area contributed by atoms with Crippen LogP contribution in [0.1, 0.15) is 21.6 Å². The highest BCUT2D eigenvalue weighted by molar-refractivity contribution is 5.97. The summed E-state index contributed by atoms with van der Waals surface area (Å²) in [4.78, 5) is 24.8. The fourth-order valence-electron chi connectivity index (χ4n) is 2.86. The minimum absolute atomic E-state index is 0.180. The lowest BCUT2D eigenvalue weighted by Crippen LogP contribution is -2.25. The highest BCUT2D eigenvalue weighted by atomic mass is 19.4. The Morgan fingerprint density at radius 3 is 2.57 bits per heavy atom. The van der Waals surface area contributed by atoms with E-state index < -0.39 is 11.7 Å². The van der Waals surface area contributed by atoms with Crippen molar-refractivity contribution in [1.29, 1.82) is 0 Å². The molecule has 0 aliphatic heterocycles. The summed E-state index contributed by atoms with van der Waals surface area (Å²) in [5.74, 6) is -0.0983. The molecule has 0 fully saturated rings. The maximum absolute atomic E-state index is 12.7. The van der Waals surface area contributed by atoms with Gasteiger partial charge < -0.3 is 9.73 Å². The number of amides is 1. The molecule has 0 unspecified atom stereocenters. The second-order valence-corrected chi connectivity index (χ2v) is 6.48. The maximum Gasteiger partial charge on any atom is 0.416 e. The molecule has 2 heterocycles. The van der Waals surface area contributed by atoms with Crippen molar-refractivity contribution < 1.29 is 22.4 Å². The van der Waals surface area contributed by atoms with Gasteiger partial charge in [-0.05, 0) is 42.5 Å². The van der Waals surface area contributed by atoms with Crippen LogP contribution in [-0.2, 0) is 12.6 Å². The van der Waals surface area contributed by atoms with Gasteiger partial charge in [0, 0.05) is 42.7 Å². The molecule has 0 aliphatic carbocycles. The first kappa shape index (κ1) is 19.6. The van der Waals surface area contributed by atoms with Gasteiger partial charge in [0.1, 0.15) is 5.52 Å². The van der Waals surface area contributed by atoms with E-state index in [4.69, 9.17) is 4.42 Å². The molecule has 2 aromatic heterocycles. The number of rotatable bonds is 5. The summed E-state index contributed by atoms with van der Waals surface area (Å²) in [5, 5.41) is 2.80. The fourth-order valence-corrected chi connectivity index (χ4v) is 2.86. The van der Waals surface area contributed by atoms with E-state index in [1.807, 2.05) is 0 Å². The van der Waals surface area contributed by atoms with Crippen molar-refractivity contribution in [1.82, 2.24) is 20.3 Å². The molecule has 0 aliphatic rings. The third kappa shape index (κ3) is 4.29. The minimum atomic E-state index is -4.41. The molecular formula is C21H15F3N4O2. The van der Waals surface area contributed by atoms with Crippen LogP contribution in [0, 0.1) is 0 Å². The SMILES string of the molecule is O=C(NCCc1cnccn1)c1ccc2oc(-c3ccc(C(F)(F)F)cc3)nc2c1. The molecule has 0 bridgehead atoms. The van der Waals surface area contributed by atoms with Crippen LogP contribution < -0.4 is 5.32 Å². The normalized spacial score (nSPS) is 11.6.